The summed E-state index contributed by atoms with van der Waals surface area (Å²) in [6, 6.07) is 11.3. The average Bonchev–Trinajstić information content (AvgIpc) is 2.67. The lowest BCUT2D eigenvalue weighted by molar-refractivity contribution is 0.175. The van der Waals surface area contributed by atoms with Crippen LogP contribution in [0.1, 0.15) is 31.0 Å². The Morgan fingerprint density at radius 1 is 1.13 bits per heavy atom. The highest BCUT2D eigenvalue weighted by Gasteiger charge is 2.39. The minimum atomic E-state index is -0.998. The first-order valence-electron chi connectivity index (χ1n) is 7.35. The van der Waals surface area contributed by atoms with Crippen molar-refractivity contribution in [2.75, 3.05) is 0 Å². The van der Waals surface area contributed by atoms with Crippen molar-refractivity contribution < 1.29 is 9.90 Å². The van der Waals surface area contributed by atoms with Gasteiger partial charge in [-0.25, -0.2) is 4.79 Å². The second kappa shape index (κ2) is 5.73. The molecule has 5 heteroatoms. The minimum absolute atomic E-state index is 0.161. The van der Waals surface area contributed by atoms with Gasteiger partial charge in [0.15, 0.2) is 0 Å². The van der Waals surface area contributed by atoms with Gasteiger partial charge in [0.2, 0.25) is 0 Å². The number of amides is 1. The summed E-state index contributed by atoms with van der Waals surface area (Å²) >= 11 is 12.2. The lowest BCUT2D eigenvalue weighted by atomic mass is 9.85. The molecule has 3 nitrogen and oxygen atoms in total. The molecule has 0 bridgehead atoms. The molecule has 1 unspecified atom stereocenters. The van der Waals surface area contributed by atoms with Gasteiger partial charge < -0.3 is 10.4 Å². The van der Waals surface area contributed by atoms with E-state index in [4.69, 9.17) is 28.3 Å². The molecule has 2 aromatic carbocycles. The number of hydrogen-bond acceptors (Lipinski definition) is 1. The fourth-order valence-electron chi connectivity index (χ4n) is 3.35. The van der Waals surface area contributed by atoms with Crippen LogP contribution in [0.2, 0.25) is 10.0 Å². The maximum Gasteiger partial charge on any atom is 0.405 e. The second-order valence-electron chi connectivity index (χ2n) is 6.62. The van der Waals surface area contributed by atoms with Gasteiger partial charge in [-0.1, -0.05) is 55.2 Å². The number of carboxylic acid groups (broad SMARTS) is 1. The van der Waals surface area contributed by atoms with E-state index in [1.807, 2.05) is 24.3 Å². The molecule has 1 atom stereocenters. The van der Waals surface area contributed by atoms with E-state index in [0.717, 1.165) is 28.7 Å². The average molecular weight is 350 g/mol. The fourth-order valence-corrected chi connectivity index (χ4v) is 3.88. The predicted molar refractivity (Wildman–Crippen MR) is 93.3 cm³/mol. The first-order chi connectivity index (χ1) is 10.8. The topological polar surface area (TPSA) is 49.3 Å². The van der Waals surface area contributed by atoms with Crippen LogP contribution in [-0.2, 0) is 6.42 Å². The Bertz CT molecular complexity index is 766. The molecule has 1 aliphatic rings. The molecule has 2 N–H and O–H groups in total. The predicted octanol–water partition coefficient (Wildman–Crippen LogP) is 5.55. The van der Waals surface area contributed by atoms with Crippen LogP contribution in [0, 0.1) is 5.41 Å². The maximum atomic E-state index is 11.1. The van der Waals surface area contributed by atoms with E-state index < -0.39 is 6.09 Å². The third-order valence-corrected chi connectivity index (χ3v) is 4.78. The summed E-state index contributed by atoms with van der Waals surface area (Å²) in [7, 11) is 0. The number of halogens is 2. The quantitative estimate of drug-likeness (QED) is 0.746. The van der Waals surface area contributed by atoms with Gasteiger partial charge in [0.05, 0.1) is 6.04 Å². The summed E-state index contributed by atoms with van der Waals surface area (Å²) in [4.78, 5) is 11.1. The SMILES string of the molecule is CC1(C)Cc2cc(-c3cc(Cl)cc(Cl)c3)ccc2C1NC(=O)O. The van der Waals surface area contributed by atoms with Crippen LogP contribution in [0.15, 0.2) is 36.4 Å². The molecule has 0 fully saturated rings. The summed E-state index contributed by atoms with van der Waals surface area (Å²) in [6.45, 7) is 4.15. The normalized spacial score (nSPS) is 18.5. The number of nitrogens with one attached hydrogen (secondary N) is 1. The van der Waals surface area contributed by atoms with Crippen LogP contribution >= 0.6 is 23.2 Å². The molecule has 120 valence electrons. The van der Waals surface area contributed by atoms with Crippen molar-refractivity contribution in [3.05, 3.63) is 57.6 Å². The number of benzene rings is 2. The van der Waals surface area contributed by atoms with Crippen molar-refractivity contribution in [1.82, 2.24) is 5.32 Å². The third-order valence-electron chi connectivity index (χ3n) is 4.35. The van der Waals surface area contributed by atoms with Crippen molar-refractivity contribution in [3.63, 3.8) is 0 Å². The van der Waals surface area contributed by atoms with Gasteiger partial charge in [0, 0.05) is 10.0 Å². The third kappa shape index (κ3) is 3.17. The monoisotopic (exact) mass is 349 g/mol. The zero-order valence-corrected chi connectivity index (χ0v) is 14.4. The molecule has 0 saturated carbocycles. The first kappa shape index (κ1) is 16.2. The van der Waals surface area contributed by atoms with Crippen molar-refractivity contribution in [1.29, 1.82) is 0 Å². The molecule has 0 aliphatic heterocycles. The molecular formula is C18H17Cl2NO2. The minimum Gasteiger partial charge on any atom is -0.465 e. The van der Waals surface area contributed by atoms with Gasteiger partial charge in [-0.15, -0.1) is 0 Å². The Kier molecular flexibility index (Phi) is 4.03. The van der Waals surface area contributed by atoms with Crippen molar-refractivity contribution >= 4 is 29.3 Å². The van der Waals surface area contributed by atoms with Gasteiger partial charge >= 0.3 is 6.09 Å². The van der Waals surface area contributed by atoms with Gasteiger partial charge in [-0.2, -0.15) is 0 Å². The summed E-state index contributed by atoms with van der Waals surface area (Å²) in [5.41, 5.74) is 4.01. The molecule has 0 heterocycles. The molecule has 0 saturated heterocycles. The molecule has 1 aliphatic carbocycles. The Morgan fingerprint density at radius 3 is 2.39 bits per heavy atom. The van der Waals surface area contributed by atoms with Crippen LogP contribution in [0.3, 0.4) is 0 Å². The van der Waals surface area contributed by atoms with Gasteiger partial charge in [-0.3, -0.25) is 0 Å². The van der Waals surface area contributed by atoms with E-state index in [9.17, 15) is 4.79 Å². The molecule has 23 heavy (non-hydrogen) atoms. The number of rotatable bonds is 2. The van der Waals surface area contributed by atoms with E-state index >= 15 is 0 Å². The van der Waals surface area contributed by atoms with Crippen LogP contribution in [-0.4, -0.2) is 11.2 Å². The lowest BCUT2D eigenvalue weighted by Crippen LogP contribution is -2.34. The number of hydrogen-bond donors (Lipinski definition) is 2. The Morgan fingerprint density at radius 2 is 1.78 bits per heavy atom. The van der Waals surface area contributed by atoms with Crippen LogP contribution in [0.4, 0.5) is 4.79 Å². The zero-order chi connectivity index (χ0) is 16.8. The van der Waals surface area contributed by atoms with E-state index in [2.05, 4.69) is 25.2 Å². The molecule has 0 radical (unpaired) electrons. The van der Waals surface area contributed by atoms with E-state index in [1.165, 1.54) is 0 Å². The summed E-state index contributed by atoms with van der Waals surface area (Å²) in [5, 5.41) is 12.9. The molecule has 2 aromatic rings. The summed E-state index contributed by atoms with van der Waals surface area (Å²) < 4.78 is 0. The fraction of sp³-hybridized carbons (Fsp3) is 0.278. The molecule has 0 spiro atoms. The lowest BCUT2D eigenvalue weighted by Gasteiger charge is -2.27. The zero-order valence-electron chi connectivity index (χ0n) is 12.9. The highest BCUT2D eigenvalue weighted by atomic mass is 35.5. The van der Waals surface area contributed by atoms with Gasteiger partial charge in [-0.05, 0) is 52.3 Å². The van der Waals surface area contributed by atoms with E-state index in [0.29, 0.717) is 10.0 Å². The van der Waals surface area contributed by atoms with Crippen molar-refractivity contribution in [3.8, 4) is 11.1 Å². The van der Waals surface area contributed by atoms with Crippen LogP contribution in [0.5, 0.6) is 0 Å². The van der Waals surface area contributed by atoms with E-state index in [1.54, 1.807) is 6.07 Å². The Balaban J connectivity index is 2.03. The van der Waals surface area contributed by atoms with Gasteiger partial charge in [0.1, 0.15) is 0 Å². The molecule has 3 rings (SSSR count). The molecular weight excluding hydrogens is 333 g/mol. The number of fused-ring (bicyclic) bond motifs is 1. The van der Waals surface area contributed by atoms with Crippen molar-refractivity contribution in [2.45, 2.75) is 26.3 Å². The van der Waals surface area contributed by atoms with E-state index in [-0.39, 0.29) is 11.5 Å². The van der Waals surface area contributed by atoms with Crippen molar-refractivity contribution in [2.24, 2.45) is 5.41 Å². The highest BCUT2D eigenvalue weighted by Crippen LogP contribution is 2.46. The maximum absolute atomic E-state index is 11.1. The summed E-state index contributed by atoms with van der Waals surface area (Å²) in [5.74, 6) is 0. The smallest absolute Gasteiger partial charge is 0.405 e. The van der Waals surface area contributed by atoms with Crippen LogP contribution < -0.4 is 5.32 Å². The summed E-state index contributed by atoms with van der Waals surface area (Å²) in [6.07, 6.45) is -0.184. The van der Waals surface area contributed by atoms with Gasteiger partial charge in [0.25, 0.3) is 0 Å². The Labute approximate surface area is 145 Å². The first-order valence-corrected chi connectivity index (χ1v) is 8.10. The van der Waals surface area contributed by atoms with Crippen LogP contribution in [0.25, 0.3) is 11.1 Å². The molecule has 0 aromatic heterocycles. The highest BCUT2D eigenvalue weighted by molar-refractivity contribution is 6.35. The standard InChI is InChI=1S/C18H17Cl2NO2/c1-18(2)9-12-5-10(11-6-13(19)8-14(20)7-11)3-4-15(12)16(18)21-17(22)23/h3-8,16,21H,9H2,1-2H3,(H,22,23). The molecule has 1 amide bonds. The largest absolute Gasteiger partial charge is 0.465 e. The Hall–Kier alpha value is -1.71. The second-order valence-corrected chi connectivity index (χ2v) is 7.49. The number of carbonyl (C=O) groups is 1.